The van der Waals surface area contributed by atoms with Gasteiger partial charge in [-0.05, 0) is 24.2 Å². The molecule has 0 aliphatic rings. The predicted molar refractivity (Wildman–Crippen MR) is 93.5 cm³/mol. The van der Waals surface area contributed by atoms with Crippen molar-refractivity contribution >= 4 is 5.97 Å². The van der Waals surface area contributed by atoms with Gasteiger partial charge in [0, 0.05) is 9.24 Å². The van der Waals surface area contributed by atoms with Crippen LogP contribution in [0.25, 0.3) is 0 Å². The fourth-order valence-electron chi connectivity index (χ4n) is 2.33. The summed E-state index contributed by atoms with van der Waals surface area (Å²) in [6.07, 6.45) is 0. The molecule has 0 aromatic heterocycles. The van der Waals surface area contributed by atoms with Gasteiger partial charge in [0.1, 0.15) is 12.5 Å². The molecule has 3 heteroatoms. The molecule has 0 aliphatic heterocycles. The van der Waals surface area contributed by atoms with Crippen LogP contribution >= 0.6 is 0 Å². The molecule has 0 radical (unpaired) electrons. The lowest BCUT2D eigenvalue weighted by Crippen LogP contribution is -2.29. The molecule has 0 fully saturated rings. The predicted octanol–water partition coefficient (Wildman–Crippen LogP) is 3.70. The monoisotopic (exact) mass is 315 g/mol. The van der Waals surface area contributed by atoms with Crippen molar-refractivity contribution in [2.24, 2.45) is 0 Å². The van der Waals surface area contributed by atoms with Crippen molar-refractivity contribution in [2.75, 3.05) is 26.1 Å². The lowest BCUT2D eigenvalue weighted by atomic mass is 9.91. The van der Waals surface area contributed by atoms with Crippen LogP contribution in [0.4, 0.5) is 0 Å². The summed E-state index contributed by atoms with van der Waals surface area (Å²) in [6.45, 7) is -1.21. The molecule has 122 valence electrons. The van der Waals surface area contributed by atoms with Crippen molar-refractivity contribution in [1.82, 2.24) is 4.90 Å². The standard InChI is InChI=1S/C20H25NO2/c1-3-21(4-2)15-16-23-20(22)19(17-11-7-5-8-12-17)18-13-9-6-10-14-18/h5-14,19H,3-4,15-16H2,1-2H3/i15D2,16D2. The topological polar surface area (TPSA) is 29.5 Å². The Kier molecular flexibility index (Phi) is 4.88. The average molecular weight is 315 g/mol. The minimum Gasteiger partial charge on any atom is -0.464 e. The van der Waals surface area contributed by atoms with Gasteiger partial charge in [-0.25, -0.2) is 0 Å². The summed E-state index contributed by atoms with van der Waals surface area (Å²) in [5.41, 5.74) is 1.32. The van der Waals surface area contributed by atoms with Crippen LogP contribution < -0.4 is 0 Å². The van der Waals surface area contributed by atoms with Gasteiger partial charge in [-0.15, -0.1) is 0 Å². The Balaban J connectivity index is 2.36. The highest BCUT2D eigenvalue weighted by Crippen LogP contribution is 2.25. The van der Waals surface area contributed by atoms with Gasteiger partial charge in [0.2, 0.25) is 0 Å². The zero-order valence-electron chi connectivity index (χ0n) is 17.5. The highest BCUT2D eigenvalue weighted by atomic mass is 16.5. The highest BCUT2D eigenvalue weighted by Gasteiger charge is 2.24. The van der Waals surface area contributed by atoms with Gasteiger partial charge in [0.15, 0.2) is 0 Å². The van der Waals surface area contributed by atoms with E-state index in [0.29, 0.717) is 24.2 Å². The first-order chi connectivity index (χ1) is 12.7. The minimum absolute atomic E-state index is 0.293. The SMILES string of the molecule is [2H]C([2H])(OC(=O)C(c1ccccc1)c1ccccc1)C([2H])([2H])N(CC)CC. The Morgan fingerprint density at radius 2 is 1.48 bits per heavy atom. The fourth-order valence-corrected chi connectivity index (χ4v) is 2.33. The maximum absolute atomic E-state index is 13.0. The van der Waals surface area contributed by atoms with Gasteiger partial charge in [-0.1, -0.05) is 74.5 Å². The van der Waals surface area contributed by atoms with Crippen molar-refractivity contribution < 1.29 is 15.0 Å². The lowest BCUT2D eigenvalue weighted by Gasteiger charge is -2.20. The van der Waals surface area contributed by atoms with Gasteiger partial charge < -0.3 is 9.64 Å². The molecule has 0 heterocycles. The van der Waals surface area contributed by atoms with E-state index in [2.05, 4.69) is 0 Å². The molecule has 2 rings (SSSR count). The zero-order valence-corrected chi connectivity index (χ0v) is 13.5. The van der Waals surface area contributed by atoms with Crippen molar-refractivity contribution in [1.29, 1.82) is 0 Å². The summed E-state index contributed by atoms with van der Waals surface area (Å²) < 4.78 is 37.7. The largest absolute Gasteiger partial charge is 0.464 e. The second kappa shape index (κ2) is 9.11. The Bertz CT molecular complexity index is 695. The summed E-state index contributed by atoms with van der Waals surface area (Å²) >= 11 is 0. The molecule has 0 amide bonds. The van der Waals surface area contributed by atoms with Gasteiger partial charge >= 0.3 is 5.97 Å². The molecule has 0 spiro atoms. The minimum atomic E-state index is -2.81. The third-order valence-electron chi connectivity index (χ3n) is 3.62. The van der Waals surface area contributed by atoms with E-state index in [1.165, 1.54) is 4.90 Å². The first-order valence-electron chi connectivity index (χ1n) is 9.82. The Hall–Kier alpha value is -2.13. The summed E-state index contributed by atoms with van der Waals surface area (Å²) in [7, 11) is 0. The summed E-state index contributed by atoms with van der Waals surface area (Å²) in [5.74, 6) is -1.66. The van der Waals surface area contributed by atoms with E-state index in [1.54, 1.807) is 62.4 Å². The first kappa shape index (κ1) is 12.3. The molecular formula is C20H25NO2. The van der Waals surface area contributed by atoms with Crippen LogP contribution in [-0.4, -0.2) is 37.0 Å². The first-order valence-corrected chi connectivity index (χ1v) is 7.82. The van der Waals surface area contributed by atoms with Crippen LogP contribution in [-0.2, 0) is 9.53 Å². The molecule has 0 saturated carbocycles. The number of carbonyl (C=O) groups excluding carboxylic acids is 1. The molecule has 0 N–H and O–H groups in total. The average Bonchev–Trinajstić information content (AvgIpc) is 2.64. The van der Waals surface area contributed by atoms with Crippen molar-refractivity contribution in [2.45, 2.75) is 19.8 Å². The maximum atomic E-state index is 13.0. The van der Waals surface area contributed by atoms with Crippen molar-refractivity contribution in [3.8, 4) is 0 Å². The van der Waals surface area contributed by atoms with Crippen LogP contribution in [0, 0.1) is 0 Å². The number of ether oxygens (including phenoxy) is 1. The Labute approximate surface area is 144 Å². The van der Waals surface area contributed by atoms with E-state index in [4.69, 9.17) is 10.2 Å². The number of benzene rings is 2. The highest BCUT2D eigenvalue weighted by molar-refractivity contribution is 5.82. The van der Waals surface area contributed by atoms with Crippen molar-refractivity contribution in [3.05, 3.63) is 71.8 Å². The number of nitrogens with zero attached hydrogens (tertiary/aromatic N) is 1. The van der Waals surface area contributed by atoms with Gasteiger partial charge in [0.05, 0.1) is 2.74 Å². The Morgan fingerprint density at radius 1 is 1.00 bits per heavy atom. The second-order valence-corrected chi connectivity index (χ2v) is 5.06. The quantitative estimate of drug-likeness (QED) is 0.696. The van der Waals surface area contributed by atoms with E-state index in [1.807, 2.05) is 12.1 Å². The molecule has 23 heavy (non-hydrogen) atoms. The van der Waals surface area contributed by atoms with Gasteiger partial charge in [-0.3, -0.25) is 4.79 Å². The number of hydrogen-bond acceptors (Lipinski definition) is 3. The number of carbonyl (C=O) groups is 1. The lowest BCUT2D eigenvalue weighted by molar-refractivity contribution is -0.144. The van der Waals surface area contributed by atoms with E-state index >= 15 is 0 Å². The summed E-state index contributed by atoms with van der Waals surface area (Å²) in [4.78, 5) is 14.3. The van der Waals surface area contributed by atoms with Gasteiger partial charge in [0.25, 0.3) is 0 Å². The third-order valence-corrected chi connectivity index (χ3v) is 3.62. The molecule has 2 aromatic rings. The molecule has 0 bridgehead atoms. The molecule has 2 aromatic carbocycles. The van der Waals surface area contributed by atoms with Crippen LogP contribution in [0.2, 0.25) is 0 Å². The fraction of sp³-hybridized carbons (Fsp3) is 0.350. The maximum Gasteiger partial charge on any atom is 0.317 e. The van der Waals surface area contributed by atoms with Crippen LogP contribution in [0.15, 0.2) is 60.7 Å². The second-order valence-electron chi connectivity index (χ2n) is 5.06. The third kappa shape index (κ3) is 4.93. The number of rotatable bonds is 8. The smallest absolute Gasteiger partial charge is 0.317 e. The Morgan fingerprint density at radius 3 is 1.91 bits per heavy atom. The molecular weight excluding hydrogens is 286 g/mol. The molecule has 0 aliphatic carbocycles. The normalized spacial score (nSPS) is 14.8. The number of esters is 1. The van der Waals surface area contributed by atoms with E-state index in [-0.39, 0.29) is 0 Å². The molecule has 0 unspecified atom stereocenters. The molecule has 0 atom stereocenters. The van der Waals surface area contributed by atoms with E-state index in [9.17, 15) is 4.79 Å². The molecule has 3 nitrogen and oxygen atoms in total. The summed E-state index contributed by atoms with van der Waals surface area (Å²) in [6, 6.07) is 17.9. The van der Waals surface area contributed by atoms with E-state index in [0.717, 1.165) is 0 Å². The van der Waals surface area contributed by atoms with Crippen LogP contribution in [0.5, 0.6) is 0 Å². The van der Waals surface area contributed by atoms with Crippen LogP contribution in [0.1, 0.15) is 36.4 Å². The number of hydrogen-bond donors (Lipinski definition) is 0. The molecule has 0 saturated heterocycles. The van der Waals surface area contributed by atoms with Gasteiger partial charge in [-0.2, -0.15) is 0 Å². The zero-order chi connectivity index (χ0) is 20.1. The number of likely N-dealkylation sites (N-methyl/N-ethyl adjacent to an activating group) is 1. The van der Waals surface area contributed by atoms with E-state index < -0.39 is 24.9 Å². The van der Waals surface area contributed by atoms with Crippen LogP contribution in [0.3, 0.4) is 0 Å². The summed E-state index contributed by atoms with van der Waals surface area (Å²) in [5, 5.41) is 0. The van der Waals surface area contributed by atoms with Crippen molar-refractivity contribution in [3.63, 3.8) is 0 Å².